The number of unbranched alkanes of at least 4 members (excludes halogenated alkanes) is 3. The molecular formula is C27H39N3O4S. The first-order valence-electron chi connectivity index (χ1n) is 12.9. The number of carbonyl (C=O) groups excluding carboxylic acids is 3. The summed E-state index contributed by atoms with van der Waals surface area (Å²) in [6.45, 7) is 6.97. The lowest BCUT2D eigenvalue weighted by molar-refractivity contribution is -0.140. The maximum atomic E-state index is 13.9. The smallest absolute Gasteiger partial charge is 0.244 e. The average Bonchev–Trinajstić information content (AvgIpc) is 3.44. The van der Waals surface area contributed by atoms with E-state index in [4.69, 9.17) is 5.11 Å². The van der Waals surface area contributed by atoms with E-state index < -0.39 is 28.2 Å². The Kier molecular flexibility index (Phi) is 7.81. The number of aliphatic hydroxyl groups excluding tert-OH is 1. The molecule has 4 rings (SSSR count). The van der Waals surface area contributed by atoms with Gasteiger partial charge in [-0.25, -0.2) is 0 Å². The zero-order valence-corrected chi connectivity index (χ0v) is 21.9. The Morgan fingerprint density at radius 1 is 1.11 bits per heavy atom. The van der Waals surface area contributed by atoms with Crippen LogP contribution in [0.1, 0.15) is 64.9 Å². The van der Waals surface area contributed by atoms with Crippen LogP contribution in [0.3, 0.4) is 0 Å². The Morgan fingerprint density at radius 3 is 2.51 bits per heavy atom. The predicted octanol–water partition coefficient (Wildman–Crippen LogP) is 2.86. The van der Waals surface area contributed by atoms with Gasteiger partial charge in [0.15, 0.2) is 0 Å². The summed E-state index contributed by atoms with van der Waals surface area (Å²) >= 11 is 1.71. The van der Waals surface area contributed by atoms with Crippen molar-refractivity contribution < 1.29 is 19.5 Å². The molecule has 35 heavy (non-hydrogen) atoms. The predicted molar refractivity (Wildman–Crippen MR) is 138 cm³/mol. The Morgan fingerprint density at radius 2 is 1.83 bits per heavy atom. The maximum Gasteiger partial charge on any atom is 0.244 e. The van der Waals surface area contributed by atoms with E-state index in [1.165, 1.54) is 0 Å². The van der Waals surface area contributed by atoms with Crippen LogP contribution in [-0.2, 0) is 20.9 Å². The molecule has 1 aromatic carbocycles. The molecule has 0 aromatic heterocycles. The van der Waals surface area contributed by atoms with Gasteiger partial charge in [0.25, 0.3) is 0 Å². The molecule has 3 heterocycles. The number of hydrogen-bond acceptors (Lipinski definition) is 5. The summed E-state index contributed by atoms with van der Waals surface area (Å²) in [5, 5.41) is 15.3. The summed E-state index contributed by atoms with van der Waals surface area (Å²) in [5.74, 6) is -1.10. The topological polar surface area (TPSA) is 98.7 Å². The molecule has 7 nitrogen and oxygen atoms in total. The van der Waals surface area contributed by atoms with Crippen molar-refractivity contribution in [2.24, 2.45) is 11.8 Å². The van der Waals surface area contributed by atoms with E-state index in [0.29, 0.717) is 13.1 Å². The van der Waals surface area contributed by atoms with E-state index in [1.807, 2.05) is 51.1 Å². The van der Waals surface area contributed by atoms with E-state index in [9.17, 15) is 14.4 Å². The van der Waals surface area contributed by atoms with Gasteiger partial charge in [0.1, 0.15) is 6.04 Å². The second kappa shape index (κ2) is 10.5. The normalized spacial score (nSPS) is 29.4. The van der Waals surface area contributed by atoms with Gasteiger partial charge in [-0.15, -0.1) is 11.8 Å². The Balaban J connectivity index is 1.55. The van der Waals surface area contributed by atoms with Crippen LogP contribution >= 0.6 is 11.8 Å². The number of hydrogen-bond donors (Lipinski definition) is 3. The average molecular weight is 502 g/mol. The fourth-order valence-electron chi connectivity index (χ4n) is 6.08. The Labute approximate surface area is 212 Å². The van der Waals surface area contributed by atoms with Crippen LogP contribution < -0.4 is 10.6 Å². The zero-order chi connectivity index (χ0) is 25.2. The molecule has 3 saturated heterocycles. The quantitative estimate of drug-likeness (QED) is 0.428. The molecule has 5 atom stereocenters. The van der Waals surface area contributed by atoms with Gasteiger partial charge >= 0.3 is 0 Å². The van der Waals surface area contributed by atoms with Gasteiger partial charge in [-0.05, 0) is 52.0 Å². The van der Waals surface area contributed by atoms with Crippen molar-refractivity contribution in [3.05, 3.63) is 35.9 Å². The molecular weight excluding hydrogens is 462 g/mol. The molecule has 3 amide bonds. The number of benzene rings is 1. The number of likely N-dealkylation sites (tertiary alicyclic amines) is 1. The number of thioether (sulfide) groups is 1. The van der Waals surface area contributed by atoms with Crippen LogP contribution in [0.15, 0.2) is 30.3 Å². The van der Waals surface area contributed by atoms with Crippen molar-refractivity contribution in [2.45, 2.75) is 87.4 Å². The lowest BCUT2D eigenvalue weighted by Crippen LogP contribution is -2.57. The number of carbonyl (C=O) groups is 3. The monoisotopic (exact) mass is 501 g/mol. The SMILES string of the molecule is CC(C)(C)NC(=O)C1N(CCCCCCO)C(=O)[C@@H]2[C@H](C(=O)NCc3ccccc3)[C@@H]3CCC12S3. The van der Waals surface area contributed by atoms with Crippen LogP contribution in [0.25, 0.3) is 0 Å². The van der Waals surface area contributed by atoms with Gasteiger partial charge in [-0.1, -0.05) is 43.2 Å². The fourth-order valence-corrected chi connectivity index (χ4v) is 8.30. The highest BCUT2D eigenvalue weighted by Gasteiger charge is 2.73. The lowest BCUT2D eigenvalue weighted by Gasteiger charge is -2.36. The molecule has 0 saturated carbocycles. The molecule has 1 aromatic rings. The highest BCUT2D eigenvalue weighted by atomic mass is 32.2. The van der Waals surface area contributed by atoms with E-state index in [2.05, 4.69) is 10.6 Å². The molecule has 192 valence electrons. The minimum Gasteiger partial charge on any atom is -0.396 e. The number of nitrogens with one attached hydrogen (secondary N) is 2. The van der Waals surface area contributed by atoms with Gasteiger partial charge in [0, 0.05) is 30.5 Å². The number of amides is 3. The molecule has 0 radical (unpaired) electrons. The molecule has 2 unspecified atom stereocenters. The van der Waals surface area contributed by atoms with Gasteiger partial charge in [-0.2, -0.15) is 0 Å². The first-order valence-corrected chi connectivity index (χ1v) is 13.8. The number of fused-ring (bicyclic) bond motifs is 1. The minimum absolute atomic E-state index is 0.0456. The molecule has 0 aliphatic carbocycles. The van der Waals surface area contributed by atoms with Crippen LogP contribution in [0.5, 0.6) is 0 Å². The van der Waals surface area contributed by atoms with E-state index in [-0.39, 0.29) is 29.6 Å². The van der Waals surface area contributed by atoms with Crippen LogP contribution in [-0.4, -0.2) is 62.5 Å². The Hall–Kier alpha value is -2.06. The second-order valence-electron chi connectivity index (χ2n) is 11.2. The number of rotatable bonds is 10. The molecule has 3 N–H and O–H groups in total. The van der Waals surface area contributed by atoms with Crippen molar-refractivity contribution >= 4 is 29.5 Å². The minimum atomic E-state index is -0.556. The summed E-state index contributed by atoms with van der Waals surface area (Å²) < 4.78 is -0.545. The van der Waals surface area contributed by atoms with Crippen molar-refractivity contribution in [1.82, 2.24) is 15.5 Å². The second-order valence-corrected chi connectivity index (χ2v) is 12.8. The largest absolute Gasteiger partial charge is 0.396 e. The molecule has 1 spiro atoms. The highest BCUT2D eigenvalue weighted by Crippen LogP contribution is 2.66. The van der Waals surface area contributed by atoms with Gasteiger partial charge in [0.2, 0.25) is 17.7 Å². The van der Waals surface area contributed by atoms with Crippen LogP contribution in [0, 0.1) is 11.8 Å². The van der Waals surface area contributed by atoms with Gasteiger partial charge in [-0.3, -0.25) is 14.4 Å². The zero-order valence-electron chi connectivity index (χ0n) is 21.1. The third-order valence-corrected chi connectivity index (χ3v) is 9.42. The van der Waals surface area contributed by atoms with Gasteiger partial charge in [0.05, 0.1) is 16.6 Å². The van der Waals surface area contributed by atoms with Crippen molar-refractivity contribution in [3.8, 4) is 0 Å². The van der Waals surface area contributed by atoms with E-state index >= 15 is 0 Å². The number of nitrogens with zero attached hydrogens (tertiary/aromatic N) is 1. The standard InChI is InChI=1S/C27H39N3O4S/c1-26(2,3)29-24(33)22-27-14-13-19(35-27)20(23(32)28-17-18-11-7-6-8-12-18)21(27)25(34)30(22)15-9-4-5-10-16-31/h6-8,11-12,19-22,31H,4-5,9-10,13-17H2,1-3H3,(H,28,32)(H,29,33)/t19-,20+,21-,22?,27?/m0/s1. The summed E-state index contributed by atoms with van der Waals surface area (Å²) in [5.41, 5.74) is 0.617. The van der Waals surface area contributed by atoms with Crippen LogP contribution in [0.4, 0.5) is 0 Å². The highest BCUT2D eigenvalue weighted by molar-refractivity contribution is 8.02. The van der Waals surface area contributed by atoms with E-state index in [0.717, 1.165) is 44.1 Å². The molecule has 2 bridgehead atoms. The first kappa shape index (κ1) is 26.0. The van der Waals surface area contributed by atoms with Crippen LogP contribution in [0.2, 0.25) is 0 Å². The molecule has 3 aliphatic rings. The Bertz CT molecular complexity index is 934. The molecule has 3 fully saturated rings. The van der Waals surface area contributed by atoms with Gasteiger partial charge < -0.3 is 20.6 Å². The van der Waals surface area contributed by atoms with Crippen molar-refractivity contribution in [3.63, 3.8) is 0 Å². The number of aliphatic hydroxyl groups is 1. The third kappa shape index (κ3) is 5.24. The molecule has 3 aliphatic heterocycles. The van der Waals surface area contributed by atoms with E-state index in [1.54, 1.807) is 16.7 Å². The maximum absolute atomic E-state index is 13.9. The first-order chi connectivity index (χ1) is 16.7. The molecule has 8 heteroatoms. The fraction of sp³-hybridized carbons (Fsp3) is 0.667. The van der Waals surface area contributed by atoms with Crippen molar-refractivity contribution in [2.75, 3.05) is 13.2 Å². The third-order valence-electron chi connectivity index (χ3n) is 7.47. The summed E-state index contributed by atoms with van der Waals surface area (Å²) in [7, 11) is 0. The lowest BCUT2D eigenvalue weighted by atomic mass is 9.70. The summed E-state index contributed by atoms with van der Waals surface area (Å²) in [6, 6.07) is 9.23. The summed E-state index contributed by atoms with van der Waals surface area (Å²) in [6.07, 6.45) is 4.95. The van der Waals surface area contributed by atoms with Crippen molar-refractivity contribution in [1.29, 1.82) is 0 Å². The summed E-state index contributed by atoms with van der Waals surface area (Å²) in [4.78, 5) is 42.7.